The Balaban J connectivity index is 2.17. The summed E-state index contributed by atoms with van der Waals surface area (Å²) in [6.07, 6.45) is 0.708. The summed E-state index contributed by atoms with van der Waals surface area (Å²) in [5, 5.41) is 5.00. The van der Waals surface area contributed by atoms with E-state index < -0.39 is 0 Å². The number of rotatable bonds is 4. The Morgan fingerprint density at radius 3 is 2.20 bits per heavy atom. The molecule has 2 rings (SSSR count). The Labute approximate surface area is 125 Å². The average Bonchev–Trinajstić information content (AvgIpc) is 2.65. The van der Waals surface area contributed by atoms with Crippen LogP contribution in [0.25, 0.3) is 0 Å². The number of aromatic nitrogens is 2. The lowest BCUT2D eigenvalue weighted by atomic mass is 9.96. The molecule has 0 aliphatic rings. The van der Waals surface area contributed by atoms with E-state index in [4.69, 9.17) is 17.3 Å². The molecule has 2 aromatic rings. The first kappa shape index (κ1) is 15.1. The normalized spacial score (nSPS) is 12.9. The van der Waals surface area contributed by atoms with Gasteiger partial charge in [0.05, 0.1) is 5.69 Å². The molecular formula is C16H22ClN3. The van der Waals surface area contributed by atoms with E-state index in [2.05, 4.69) is 43.2 Å². The number of hydrogen-bond acceptors (Lipinski definition) is 2. The van der Waals surface area contributed by atoms with E-state index >= 15 is 0 Å². The molecule has 0 fully saturated rings. The number of halogens is 1. The molecule has 1 aromatic carbocycles. The van der Waals surface area contributed by atoms with Gasteiger partial charge in [-0.2, -0.15) is 5.10 Å². The lowest BCUT2D eigenvalue weighted by Gasteiger charge is -2.13. The Bertz CT molecular complexity index is 585. The Kier molecular flexibility index (Phi) is 4.51. The fourth-order valence-electron chi connectivity index (χ4n) is 2.37. The smallest absolute Gasteiger partial charge is 0.130 e. The van der Waals surface area contributed by atoms with Gasteiger partial charge in [-0.05, 0) is 30.4 Å². The second-order valence-corrected chi connectivity index (χ2v) is 5.97. The molecule has 0 radical (unpaired) electrons. The van der Waals surface area contributed by atoms with Crippen LogP contribution in [0.1, 0.15) is 48.2 Å². The molecule has 4 heteroatoms. The van der Waals surface area contributed by atoms with Crippen LogP contribution in [0.3, 0.4) is 0 Å². The molecule has 0 aliphatic heterocycles. The standard InChI is InChI=1S/C16H22ClN3/c1-10(2)12-5-7-13(8-6-12)15(18)9-14-11(3)19-20(4)16(14)17/h5-8,10,15H,9,18H2,1-4H3. The van der Waals surface area contributed by atoms with E-state index in [9.17, 15) is 0 Å². The summed E-state index contributed by atoms with van der Waals surface area (Å²) in [6, 6.07) is 8.46. The maximum absolute atomic E-state index is 6.30. The van der Waals surface area contributed by atoms with Gasteiger partial charge in [-0.3, -0.25) is 4.68 Å². The zero-order chi connectivity index (χ0) is 14.9. The fourth-order valence-corrected chi connectivity index (χ4v) is 2.62. The van der Waals surface area contributed by atoms with Crippen molar-refractivity contribution in [1.82, 2.24) is 9.78 Å². The zero-order valence-electron chi connectivity index (χ0n) is 12.5. The third-order valence-electron chi connectivity index (χ3n) is 3.73. The average molecular weight is 292 g/mol. The van der Waals surface area contributed by atoms with E-state index in [1.807, 2.05) is 14.0 Å². The van der Waals surface area contributed by atoms with Gasteiger partial charge in [0.25, 0.3) is 0 Å². The second kappa shape index (κ2) is 5.98. The van der Waals surface area contributed by atoms with Crippen LogP contribution < -0.4 is 5.73 Å². The van der Waals surface area contributed by atoms with E-state index in [0.717, 1.165) is 16.8 Å². The molecule has 1 unspecified atom stereocenters. The van der Waals surface area contributed by atoms with Gasteiger partial charge in [0.15, 0.2) is 0 Å². The summed E-state index contributed by atoms with van der Waals surface area (Å²) in [7, 11) is 1.85. The fraction of sp³-hybridized carbons (Fsp3) is 0.438. The van der Waals surface area contributed by atoms with Gasteiger partial charge in [0, 0.05) is 18.7 Å². The summed E-state index contributed by atoms with van der Waals surface area (Å²) >= 11 is 6.26. The van der Waals surface area contributed by atoms with Crippen molar-refractivity contribution in [3.8, 4) is 0 Å². The zero-order valence-corrected chi connectivity index (χ0v) is 13.3. The molecule has 0 amide bonds. The molecule has 1 atom stereocenters. The molecule has 108 valence electrons. The Morgan fingerprint density at radius 1 is 1.20 bits per heavy atom. The van der Waals surface area contributed by atoms with Crippen LogP contribution in [0.15, 0.2) is 24.3 Å². The summed E-state index contributed by atoms with van der Waals surface area (Å²) in [5.41, 5.74) is 10.8. The minimum Gasteiger partial charge on any atom is -0.324 e. The Hall–Kier alpha value is -1.32. The van der Waals surface area contributed by atoms with Crippen LogP contribution >= 0.6 is 11.6 Å². The topological polar surface area (TPSA) is 43.8 Å². The van der Waals surface area contributed by atoms with Crippen molar-refractivity contribution < 1.29 is 0 Å². The SMILES string of the molecule is Cc1nn(C)c(Cl)c1CC(N)c1ccc(C(C)C)cc1. The largest absolute Gasteiger partial charge is 0.324 e. The maximum Gasteiger partial charge on any atom is 0.130 e. The monoisotopic (exact) mass is 291 g/mol. The van der Waals surface area contributed by atoms with Crippen LogP contribution in [0, 0.1) is 6.92 Å². The first-order chi connectivity index (χ1) is 9.40. The van der Waals surface area contributed by atoms with Crippen LogP contribution in [0.2, 0.25) is 5.15 Å². The highest BCUT2D eigenvalue weighted by Gasteiger charge is 2.16. The lowest BCUT2D eigenvalue weighted by molar-refractivity contribution is 0.716. The minimum absolute atomic E-state index is 0.0587. The summed E-state index contributed by atoms with van der Waals surface area (Å²) in [6.45, 7) is 6.34. The van der Waals surface area contributed by atoms with Crippen molar-refractivity contribution in [3.63, 3.8) is 0 Å². The van der Waals surface area contributed by atoms with E-state index in [1.54, 1.807) is 4.68 Å². The van der Waals surface area contributed by atoms with E-state index in [1.165, 1.54) is 5.56 Å². The molecule has 1 heterocycles. The molecule has 1 aromatic heterocycles. The molecule has 0 saturated heterocycles. The number of aryl methyl sites for hydroxylation is 2. The molecule has 0 spiro atoms. The number of benzene rings is 1. The van der Waals surface area contributed by atoms with Gasteiger partial charge in [0.2, 0.25) is 0 Å². The maximum atomic E-state index is 6.30. The van der Waals surface area contributed by atoms with Crippen molar-refractivity contribution in [2.24, 2.45) is 12.8 Å². The van der Waals surface area contributed by atoms with E-state index in [0.29, 0.717) is 17.5 Å². The van der Waals surface area contributed by atoms with Crippen LogP contribution in [0.4, 0.5) is 0 Å². The highest BCUT2D eigenvalue weighted by molar-refractivity contribution is 6.30. The van der Waals surface area contributed by atoms with Crippen molar-refractivity contribution in [1.29, 1.82) is 0 Å². The highest BCUT2D eigenvalue weighted by atomic mass is 35.5. The predicted octanol–water partition coefficient (Wildman–Crippen LogP) is 3.75. The van der Waals surface area contributed by atoms with Gasteiger partial charge in [-0.25, -0.2) is 0 Å². The third kappa shape index (κ3) is 3.05. The lowest BCUT2D eigenvalue weighted by Crippen LogP contribution is -2.14. The first-order valence-electron chi connectivity index (χ1n) is 6.93. The molecule has 0 bridgehead atoms. The quantitative estimate of drug-likeness (QED) is 0.932. The first-order valence-corrected chi connectivity index (χ1v) is 7.31. The van der Waals surface area contributed by atoms with Crippen molar-refractivity contribution in [3.05, 3.63) is 51.8 Å². The van der Waals surface area contributed by atoms with Crippen LogP contribution in [-0.4, -0.2) is 9.78 Å². The number of nitrogens with two attached hydrogens (primary N) is 1. The molecule has 2 N–H and O–H groups in total. The summed E-state index contributed by atoms with van der Waals surface area (Å²) < 4.78 is 1.70. The predicted molar refractivity (Wildman–Crippen MR) is 84.1 cm³/mol. The van der Waals surface area contributed by atoms with Crippen molar-refractivity contribution in [2.45, 2.75) is 39.2 Å². The highest BCUT2D eigenvalue weighted by Crippen LogP contribution is 2.25. The molecular weight excluding hydrogens is 270 g/mol. The molecule has 3 nitrogen and oxygen atoms in total. The third-order valence-corrected chi connectivity index (χ3v) is 4.20. The van der Waals surface area contributed by atoms with Gasteiger partial charge in [-0.1, -0.05) is 49.7 Å². The summed E-state index contributed by atoms with van der Waals surface area (Å²) in [4.78, 5) is 0. The van der Waals surface area contributed by atoms with Gasteiger partial charge >= 0.3 is 0 Å². The van der Waals surface area contributed by atoms with Crippen LogP contribution in [0.5, 0.6) is 0 Å². The van der Waals surface area contributed by atoms with Gasteiger partial charge in [0.1, 0.15) is 5.15 Å². The Morgan fingerprint density at radius 2 is 1.75 bits per heavy atom. The summed E-state index contributed by atoms with van der Waals surface area (Å²) in [5.74, 6) is 0.537. The van der Waals surface area contributed by atoms with E-state index in [-0.39, 0.29) is 6.04 Å². The van der Waals surface area contributed by atoms with Gasteiger partial charge in [-0.15, -0.1) is 0 Å². The van der Waals surface area contributed by atoms with Crippen molar-refractivity contribution in [2.75, 3.05) is 0 Å². The minimum atomic E-state index is -0.0587. The number of nitrogens with zero attached hydrogens (tertiary/aromatic N) is 2. The number of hydrogen-bond donors (Lipinski definition) is 1. The van der Waals surface area contributed by atoms with Gasteiger partial charge < -0.3 is 5.73 Å². The molecule has 20 heavy (non-hydrogen) atoms. The molecule has 0 aliphatic carbocycles. The second-order valence-electron chi connectivity index (χ2n) is 5.61. The van der Waals surface area contributed by atoms with Crippen molar-refractivity contribution >= 4 is 11.6 Å². The van der Waals surface area contributed by atoms with Crippen LogP contribution in [-0.2, 0) is 13.5 Å². The molecule has 0 saturated carbocycles.